The smallest absolute Gasteiger partial charge is 0.252 e. The van der Waals surface area contributed by atoms with Crippen molar-refractivity contribution in [2.45, 2.75) is 10.8 Å². The lowest BCUT2D eigenvalue weighted by Gasteiger charge is -2.22. The largest absolute Gasteiger partial charge is 0.492 e. The summed E-state index contributed by atoms with van der Waals surface area (Å²) < 4.78 is 31.6. The minimum absolute atomic E-state index is 0.337. The highest BCUT2D eigenvalue weighted by molar-refractivity contribution is 7.91. The van der Waals surface area contributed by atoms with Gasteiger partial charge in [0.25, 0.3) is 10.0 Å². The molecule has 1 aromatic carbocycles. The van der Waals surface area contributed by atoms with E-state index in [1.165, 1.54) is 29.7 Å². The molecule has 1 N–H and O–H groups in total. The normalized spacial score (nSPS) is 12.3. The molecule has 0 aliphatic carbocycles. The molecule has 0 unspecified atom stereocenters. The number of aliphatic imine (C=N–C) groups is 1. The lowest BCUT2D eigenvalue weighted by Crippen LogP contribution is -2.40. The molecule has 0 aliphatic heterocycles. The van der Waals surface area contributed by atoms with E-state index in [9.17, 15) is 8.42 Å². The van der Waals surface area contributed by atoms with Gasteiger partial charge in [-0.1, -0.05) is 18.2 Å². The molecule has 7 nitrogen and oxygen atoms in total. The van der Waals surface area contributed by atoms with Crippen LogP contribution in [-0.4, -0.2) is 64.9 Å². The number of benzene rings is 1. The highest BCUT2D eigenvalue weighted by Crippen LogP contribution is 2.23. The predicted molar refractivity (Wildman–Crippen MR) is 110 cm³/mol. The number of thiophene rings is 1. The van der Waals surface area contributed by atoms with Crippen LogP contribution in [0.4, 0.5) is 0 Å². The number of guanidine groups is 1. The van der Waals surface area contributed by atoms with E-state index >= 15 is 0 Å². The summed E-state index contributed by atoms with van der Waals surface area (Å²) in [6.07, 6.45) is 0. The summed E-state index contributed by atoms with van der Waals surface area (Å²) >= 11 is 1.26. The minimum atomic E-state index is -3.39. The fourth-order valence-corrected chi connectivity index (χ4v) is 4.71. The van der Waals surface area contributed by atoms with Gasteiger partial charge in [-0.25, -0.2) is 12.7 Å². The van der Waals surface area contributed by atoms with Crippen molar-refractivity contribution in [3.63, 3.8) is 0 Å². The van der Waals surface area contributed by atoms with Gasteiger partial charge in [-0.05, 0) is 24.3 Å². The average molecular weight is 411 g/mol. The summed E-state index contributed by atoms with van der Waals surface area (Å²) in [6, 6.07) is 13.1. The number of sulfonamides is 1. The number of nitrogens with zero attached hydrogens (tertiary/aromatic N) is 3. The highest BCUT2D eigenvalue weighted by atomic mass is 32.2. The van der Waals surface area contributed by atoms with E-state index in [0.717, 1.165) is 16.6 Å². The first kappa shape index (κ1) is 21.2. The number of hydrogen-bond donors (Lipinski definition) is 1. The Hall–Kier alpha value is -2.10. The molecule has 2 aromatic rings. The maximum absolute atomic E-state index is 12.2. The summed E-state index contributed by atoms with van der Waals surface area (Å²) in [5, 5.41) is 3.25. The summed E-state index contributed by atoms with van der Waals surface area (Å²) in [5.74, 6) is 1.55. The van der Waals surface area contributed by atoms with Gasteiger partial charge in [0.2, 0.25) is 0 Å². The van der Waals surface area contributed by atoms with Crippen molar-refractivity contribution in [2.75, 3.05) is 41.3 Å². The van der Waals surface area contributed by atoms with Gasteiger partial charge >= 0.3 is 0 Å². The van der Waals surface area contributed by atoms with Crippen LogP contribution in [-0.2, 0) is 16.6 Å². The van der Waals surface area contributed by atoms with Crippen LogP contribution in [0.15, 0.2) is 51.7 Å². The summed E-state index contributed by atoms with van der Waals surface area (Å²) in [5.41, 5.74) is 0. The van der Waals surface area contributed by atoms with E-state index in [4.69, 9.17) is 4.74 Å². The van der Waals surface area contributed by atoms with Crippen LogP contribution in [0.2, 0.25) is 0 Å². The summed E-state index contributed by atoms with van der Waals surface area (Å²) in [4.78, 5) is 7.15. The maximum Gasteiger partial charge on any atom is 0.252 e. The fraction of sp³-hybridized carbons (Fsp3) is 0.389. The number of ether oxygens (including phenoxy) is 1. The summed E-state index contributed by atoms with van der Waals surface area (Å²) in [6.45, 7) is 1.70. The van der Waals surface area contributed by atoms with Crippen LogP contribution in [0, 0.1) is 0 Å². The molecule has 148 valence electrons. The molecule has 1 aromatic heterocycles. The Labute approximate surface area is 165 Å². The van der Waals surface area contributed by atoms with E-state index in [1.807, 2.05) is 48.3 Å². The van der Waals surface area contributed by atoms with Crippen molar-refractivity contribution in [1.29, 1.82) is 0 Å². The van der Waals surface area contributed by atoms with Crippen molar-refractivity contribution in [3.8, 4) is 5.75 Å². The number of nitrogens with one attached hydrogen (secondary N) is 1. The molecule has 0 radical (unpaired) electrons. The van der Waals surface area contributed by atoms with Crippen molar-refractivity contribution < 1.29 is 13.2 Å². The van der Waals surface area contributed by atoms with E-state index < -0.39 is 10.0 Å². The molecule has 2 rings (SSSR count). The highest BCUT2D eigenvalue weighted by Gasteiger charge is 2.19. The molecule has 9 heteroatoms. The van der Waals surface area contributed by atoms with Gasteiger partial charge in [-0.3, -0.25) is 4.99 Å². The second-order valence-electron chi connectivity index (χ2n) is 5.99. The summed E-state index contributed by atoms with van der Waals surface area (Å²) in [7, 11) is 3.32. The van der Waals surface area contributed by atoms with Gasteiger partial charge in [0, 0.05) is 33.1 Å². The molecule has 0 amide bonds. The molecule has 0 aliphatic rings. The Morgan fingerprint density at radius 3 is 2.48 bits per heavy atom. The standard InChI is InChI=1S/C18H26N4O3S2/c1-19-18(22(4)12-13-25-15-8-6-5-7-9-15)20-14-16-10-11-17(26-16)27(23,24)21(2)3/h5-11H,12-14H2,1-4H3,(H,19,20). The third-order valence-corrected chi connectivity index (χ3v) is 7.17. The Balaban J connectivity index is 1.85. The van der Waals surface area contributed by atoms with Crippen molar-refractivity contribution in [1.82, 2.24) is 14.5 Å². The van der Waals surface area contributed by atoms with Gasteiger partial charge < -0.3 is 15.0 Å². The molecule has 27 heavy (non-hydrogen) atoms. The number of hydrogen-bond acceptors (Lipinski definition) is 5. The molecule has 0 atom stereocenters. The number of likely N-dealkylation sites (N-methyl/N-ethyl adjacent to an activating group) is 1. The van der Waals surface area contributed by atoms with Gasteiger partial charge in [-0.2, -0.15) is 0 Å². The third kappa shape index (κ3) is 5.95. The Bertz CT molecular complexity index is 849. The zero-order chi connectivity index (χ0) is 19.9. The third-order valence-electron chi connectivity index (χ3n) is 3.80. The zero-order valence-electron chi connectivity index (χ0n) is 16.0. The molecular formula is C18H26N4O3S2. The Morgan fingerprint density at radius 1 is 1.15 bits per heavy atom. The van der Waals surface area contributed by atoms with Crippen molar-refractivity contribution >= 4 is 27.3 Å². The molecule has 0 saturated carbocycles. The number of para-hydroxylation sites is 1. The zero-order valence-corrected chi connectivity index (χ0v) is 17.7. The van der Waals surface area contributed by atoms with Gasteiger partial charge in [0.15, 0.2) is 5.96 Å². The molecule has 0 fully saturated rings. The van der Waals surface area contributed by atoms with Crippen LogP contribution in [0.1, 0.15) is 4.88 Å². The quantitative estimate of drug-likeness (QED) is 0.533. The van der Waals surface area contributed by atoms with Gasteiger partial charge in [0.05, 0.1) is 13.1 Å². The van der Waals surface area contributed by atoms with E-state index in [1.54, 1.807) is 13.1 Å². The first-order chi connectivity index (χ1) is 12.8. The van der Waals surface area contributed by atoms with E-state index in [2.05, 4.69) is 10.3 Å². The van der Waals surface area contributed by atoms with Gasteiger partial charge in [0.1, 0.15) is 16.6 Å². The van der Waals surface area contributed by atoms with Crippen LogP contribution in [0.3, 0.4) is 0 Å². The monoisotopic (exact) mass is 410 g/mol. The fourth-order valence-electron chi connectivity index (χ4n) is 2.25. The average Bonchev–Trinajstić information content (AvgIpc) is 3.13. The molecule has 0 saturated heterocycles. The second kappa shape index (κ2) is 9.72. The Morgan fingerprint density at radius 2 is 1.85 bits per heavy atom. The lowest BCUT2D eigenvalue weighted by atomic mass is 10.3. The lowest BCUT2D eigenvalue weighted by molar-refractivity contribution is 0.281. The first-order valence-electron chi connectivity index (χ1n) is 8.45. The predicted octanol–water partition coefficient (Wildman–Crippen LogP) is 2.08. The van der Waals surface area contributed by atoms with E-state index in [0.29, 0.717) is 23.9 Å². The Kier molecular flexibility index (Phi) is 7.64. The van der Waals surface area contributed by atoms with Crippen LogP contribution in [0.25, 0.3) is 0 Å². The molecule has 1 heterocycles. The van der Waals surface area contributed by atoms with E-state index in [-0.39, 0.29) is 0 Å². The SMILES string of the molecule is CN=C(NCc1ccc(S(=O)(=O)N(C)C)s1)N(C)CCOc1ccccc1. The van der Waals surface area contributed by atoms with Crippen molar-refractivity contribution in [3.05, 3.63) is 47.3 Å². The van der Waals surface area contributed by atoms with Crippen LogP contribution in [0.5, 0.6) is 5.75 Å². The van der Waals surface area contributed by atoms with Crippen LogP contribution >= 0.6 is 11.3 Å². The topological polar surface area (TPSA) is 74.2 Å². The second-order valence-corrected chi connectivity index (χ2v) is 9.54. The molecule has 0 spiro atoms. The van der Waals surface area contributed by atoms with Gasteiger partial charge in [-0.15, -0.1) is 11.3 Å². The number of rotatable bonds is 8. The first-order valence-corrected chi connectivity index (χ1v) is 10.7. The van der Waals surface area contributed by atoms with Crippen LogP contribution < -0.4 is 10.1 Å². The maximum atomic E-state index is 12.2. The molecule has 0 bridgehead atoms. The minimum Gasteiger partial charge on any atom is -0.492 e. The van der Waals surface area contributed by atoms with Crippen molar-refractivity contribution in [2.24, 2.45) is 4.99 Å². The molecular weight excluding hydrogens is 384 g/mol.